The van der Waals surface area contributed by atoms with Gasteiger partial charge in [0.2, 0.25) is 0 Å². The van der Waals surface area contributed by atoms with E-state index in [1.807, 2.05) is 50.7 Å². The molecule has 24 heavy (non-hydrogen) atoms. The van der Waals surface area contributed by atoms with Crippen LogP contribution in [-0.4, -0.2) is 56.3 Å². The average molecular weight is 345 g/mol. The zero-order valence-corrected chi connectivity index (χ0v) is 15.3. The Hall–Kier alpha value is -2.05. The van der Waals surface area contributed by atoms with Crippen molar-refractivity contribution in [2.24, 2.45) is 0 Å². The number of aromatic nitrogens is 1. The zero-order chi connectivity index (χ0) is 17.5. The standard InChI is InChI=1S/C18H23N3O2S/c1-20(2)11-12-23-16-8-6-15(7-9-16)21(3)18(22)14-5-10-17(24-4)19-13-14/h5-10,13H,11-12H2,1-4H3. The van der Waals surface area contributed by atoms with Crippen LogP contribution in [0.25, 0.3) is 0 Å². The Bertz CT molecular complexity index is 657. The van der Waals surface area contributed by atoms with Crippen molar-refractivity contribution in [3.05, 3.63) is 48.2 Å². The summed E-state index contributed by atoms with van der Waals surface area (Å²) in [5.41, 5.74) is 1.38. The Morgan fingerprint density at radius 1 is 1.12 bits per heavy atom. The summed E-state index contributed by atoms with van der Waals surface area (Å²) >= 11 is 1.55. The molecule has 0 N–H and O–H groups in total. The van der Waals surface area contributed by atoms with Gasteiger partial charge in [0.1, 0.15) is 12.4 Å². The van der Waals surface area contributed by atoms with E-state index < -0.39 is 0 Å². The summed E-state index contributed by atoms with van der Waals surface area (Å²) in [7, 11) is 5.77. The van der Waals surface area contributed by atoms with Gasteiger partial charge in [-0.1, -0.05) is 0 Å². The number of pyridine rings is 1. The van der Waals surface area contributed by atoms with Crippen molar-refractivity contribution in [2.75, 3.05) is 45.5 Å². The molecule has 0 spiro atoms. The van der Waals surface area contributed by atoms with Gasteiger partial charge in [-0.25, -0.2) is 4.98 Å². The first kappa shape index (κ1) is 18.3. The normalized spacial score (nSPS) is 10.7. The Labute approximate surface area is 147 Å². The number of carbonyl (C=O) groups is 1. The summed E-state index contributed by atoms with van der Waals surface area (Å²) < 4.78 is 5.66. The van der Waals surface area contributed by atoms with Crippen molar-refractivity contribution in [1.82, 2.24) is 9.88 Å². The van der Waals surface area contributed by atoms with Crippen molar-refractivity contribution in [1.29, 1.82) is 0 Å². The summed E-state index contributed by atoms with van der Waals surface area (Å²) in [6.07, 6.45) is 3.57. The fourth-order valence-corrected chi connectivity index (χ4v) is 2.41. The van der Waals surface area contributed by atoms with Crippen molar-refractivity contribution >= 4 is 23.4 Å². The molecule has 0 unspecified atom stereocenters. The van der Waals surface area contributed by atoms with E-state index in [1.165, 1.54) is 0 Å². The number of amides is 1. The van der Waals surface area contributed by atoms with Gasteiger partial charge in [-0.3, -0.25) is 4.79 Å². The van der Waals surface area contributed by atoms with Gasteiger partial charge in [0.05, 0.1) is 10.6 Å². The third-order valence-electron chi connectivity index (χ3n) is 3.53. The summed E-state index contributed by atoms with van der Waals surface area (Å²) in [4.78, 5) is 20.4. The van der Waals surface area contributed by atoms with E-state index in [1.54, 1.807) is 36.0 Å². The smallest absolute Gasteiger partial charge is 0.259 e. The van der Waals surface area contributed by atoms with Gasteiger partial charge in [0.15, 0.2) is 0 Å². The molecule has 0 saturated carbocycles. The molecule has 0 aliphatic carbocycles. The second-order valence-corrected chi connectivity index (χ2v) is 6.43. The minimum atomic E-state index is -0.0866. The van der Waals surface area contributed by atoms with Crippen LogP contribution in [0.2, 0.25) is 0 Å². The van der Waals surface area contributed by atoms with Gasteiger partial charge in [0, 0.05) is 25.5 Å². The topological polar surface area (TPSA) is 45.7 Å². The summed E-state index contributed by atoms with van der Waals surface area (Å²) in [5, 5.41) is 0.897. The predicted octanol–water partition coefficient (Wildman–Crippen LogP) is 3.02. The van der Waals surface area contributed by atoms with Crippen LogP contribution in [0.4, 0.5) is 5.69 Å². The predicted molar refractivity (Wildman–Crippen MR) is 99.2 cm³/mol. The average Bonchev–Trinajstić information content (AvgIpc) is 2.61. The Morgan fingerprint density at radius 2 is 1.83 bits per heavy atom. The van der Waals surface area contributed by atoms with Gasteiger partial charge in [-0.2, -0.15) is 0 Å². The van der Waals surface area contributed by atoms with Crippen LogP contribution in [0.5, 0.6) is 5.75 Å². The monoisotopic (exact) mass is 345 g/mol. The lowest BCUT2D eigenvalue weighted by atomic mass is 10.2. The lowest BCUT2D eigenvalue weighted by Crippen LogP contribution is -2.26. The van der Waals surface area contributed by atoms with Crippen LogP contribution < -0.4 is 9.64 Å². The first-order chi connectivity index (χ1) is 11.5. The Balaban J connectivity index is 2.00. The van der Waals surface area contributed by atoms with Crippen LogP contribution in [0.15, 0.2) is 47.6 Å². The molecule has 0 aliphatic rings. The number of hydrogen-bond donors (Lipinski definition) is 0. The van der Waals surface area contributed by atoms with E-state index >= 15 is 0 Å². The van der Waals surface area contributed by atoms with Gasteiger partial charge >= 0.3 is 0 Å². The highest BCUT2D eigenvalue weighted by Crippen LogP contribution is 2.20. The van der Waals surface area contributed by atoms with E-state index in [9.17, 15) is 4.79 Å². The van der Waals surface area contributed by atoms with E-state index in [0.29, 0.717) is 12.2 Å². The molecule has 1 aromatic heterocycles. The molecule has 1 heterocycles. The molecule has 2 rings (SSSR count). The highest BCUT2D eigenvalue weighted by atomic mass is 32.2. The largest absolute Gasteiger partial charge is 0.492 e. The maximum atomic E-state index is 12.5. The van der Waals surface area contributed by atoms with Gasteiger partial charge < -0.3 is 14.5 Å². The number of rotatable bonds is 7. The minimum Gasteiger partial charge on any atom is -0.492 e. The second kappa shape index (κ2) is 8.70. The number of thioether (sulfide) groups is 1. The highest BCUT2D eigenvalue weighted by Gasteiger charge is 2.14. The molecular weight excluding hydrogens is 322 g/mol. The SMILES string of the molecule is CSc1ccc(C(=O)N(C)c2ccc(OCCN(C)C)cc2)cn1. The zero-order valence-electron chi connectivity index (χ0n) is 14.5. The first-order valence-electron chi connectivity index (χ1n) is 7.67. The van der Waals surface area contributed by atoms with Crippen LogP contribution >= 0.6 is 11.8 Å². The Morgan fingerprint density at radius 3 is 2.38 bits per heavy atom. The highest BCUT2D eigenvalue weighted by molar-refractivity contribution is 7.98. The molecule has 0 atom stereocenters. The maximum Gasteiger partial charge on any atom is 0.259 e. The fraction of sp³-hybridized carbons (Fsp3) is 0.333. The molecule has 0 fully saturated rings. The first-order valence-corrected chi connectivity index (χ1v) is 8.89. The number of benzene rings is 1. The van der Waals surface area contributed by atoms with Crippen molar-refractivity contribution in [3.8, 4) is 5.75 Å². The molecule has 5 nitrogen and oxygen atoms in total. The molecule has 0 aliphatic heterocycles. The third-order valence-corrected chi connectivity index (χ3v) is 4.19. The fourth-order valence-electron chi connectivity index (χ4n) is 2.05. The number of likely N-dealkylation sites (N-methyl/N-ethyl adjacent to an activating group) is 1. The molecule has 0 bridgehead atoms. The van der Waals surface area contributed by atoms with Gasteiger partial charge in [-0.15, -0.1) is 11.8 Å². The maximum absolute atomic E-state index is 12.5. The molecule has 1 aromatic carbocycles. The van der Waals surface area contributed by atoms with Crippen LogP contribution in [-0.2, 0) is 0 Å². The van der Waals surface area contributed by atoms with Crippen molar-refractivity contribution in [2.45, 2.75) is 5.03 Å². The summed E-state index contributed by atoms with van der Waals surface area (Å²) in [5.74, 6) is 0.712. The van der Waals surface area contributed by atoms with E-state index in [4.69, 9.17) is 4.74 Å². The van der Waals surface area contributed by atoms with Crippen molar-refractivity contribution < 1.29 is 9.53 Å². The number of anilines is 1. The summed E-state index contributed by atoms with van der Waals surface area (Å²) in [6, 6.07) is 11.2. The summed E-state index contributed by atoms with van der Waals surface area (Å²) in [6.45, 7) is 1.49. The van der Waals surface area contributed by atoms with Gasteiger partial charge in [-0.05, 0) is 56.7 Å². The number of ether oxygens (including phenoxy) is 1. The lowest BCUT2D eigenvalue weighted by Gasteiger charge is -2.18. The molecule has 0 saturated heterocycles. The van der Waals surface area contributed by atoms with Crippen molar-refractivity contribution in [3.63, 3.8) is 0 Å². The van der Waals surface area contributed by atoms with E-state index in [2.05, 4.69) is 9.88 Å². The van der Waals surface area contributed by atoms with E-state index in [0.717, 1.165) is 23.0 Å². The number of hydrogen-bond acceptors (Lipinski definition) is 5. The Kier molecular flexibility index (Phi) is 6.63. The molecule has 1 amide bonds. The third kappa shape index (κ3) is 4.97. The van der Waals surface area contributed by atoms with Crippen LogP contribution in [0.3, 0.4) is 0 Å². The van der Waals surface area contributed by atoms with E-state index in [-0.39, 0.29) is 5.91 Å². The van der Waals surface area contributed by atoms with Crippen LogP contribution in [0, 0.1) is 0 Å². The second-order valence-electron chi connectivity index (χ2n) is 5.60. The molecular formula is C18H23N3O2S. The molecule has 128 valence electrons. The van der Waals surface area contributed by atoms with Crippen LogP contribution in [0.1, 0.15) is 10.4 Å². The minimum absolute atomic E-state index is 0.0866. The van der Waals surface area contributed by atoms with Gasteiger partial charge in [0.25, 0.3) is 5.91 Å². The number of carbonyl (C=O) groups excluding carboxylic acids is 1. The molecule has 0 radical (unpaired) electrons. The molecule has 2 aromatic rings. The lowest BCUT2D eigenvalue weighted by molar-refractivity contribution is 0.0992. The quantitative estimate of drug-likeness (QED) is 0.722. The number of nitrogens with zero attached hydrogens (tertiary/aromatic N) is 3. The molecule has 6 heteroatoms.